The maximum atomic E-state index is 10.9. The van der Waals surface area contributed by atoms with Crippen molar-refractivity contribution in [3.63, 3.8) is 0 Å². The van der Waals surface area contributed by atoms with Crippen LogP contribution in [0.25, 0.3) is 0 Å². The number of Topliss-reactive ketones (excluding diaryl/α,β-unsaturated/α-hetero) is 1. The van der Waals surface area contributed by atoms with Crippen molar-refractivity contribution in [2.24, 2.45) is 0 Å². The molecular formula is C8H13NO4. The van der Waals surface area contributed by atoms with Gasteiger partial charge in [-0.15, -0.1) is 0 Å². The Kier molecular flexibility index (Phi) is 4.72. The van der Waals surface area contributed by atoms with Crippen molar-refractivity contribution >= 4 is 17.7 Å². The monoisotopic (exact) mass is 187 g/mol. The molecule has 0 aromatic carbocycles. The van der Waals surface area contributed by atoms with Crippen molar-refractivity contribution < 1.29 is 19.5 Å². The topological polar surface area (TPSA) is 83.5 Å². The average Bonchev–Trinajstić information content (AvgIpc) is 2.02. The second-order valence-electron chi connectivity index (χ2n) is 2.68. The van der Waals surface area contributed by atoms with E-state index in [2.05, 4.69) is 5.32 Å². The number of amides is 1. The molecular weight excluding hydrogens is 174 g/mol. The molecule has 5 heteroatoms. The van der Waals surface area contributed by atoms with Gasteiger partial charge in [0, 0.05) is 6.42 Å². The summed E-state index contributed by atoms with van der Waals surface area (Å²) in [5.41, 5.74) is 0. The molecule has 0 saturated heterocycles. The molecule has 5 nitrogen and oxygen atoms in total. The van der Waals surface area contributed by atoms with Crippen LogP contribution in [0.4, 0.5) is 0 Å². The zero-order chi connectivity index (χ0) is 10.4. The summed E-state index contributed by atoms with van der Waals surface area (Å²) in [6, 6.07) is -0.898. The zero-order valence-corrected chi connectivity index (χ0v) is 7.66. The van der Waals surface area contributed by atoms with Gasteiger partial charge in [0.25, 0.3) is 0 Å². The molecule has 0 saturated carbocycles. The predicted octanol–water partition coefficient (Wildman–Crippen LogP) is -0.0551. The fraction of sp³-hybridized carbons (Fsp3) is 0.625. The maximum absolute atomic E-state index is 10.9. The van der Waals surface area contributed by atoms with E-state index in [1.165, 1.54) is 6.92 Å². The number of rotatable bonds is 5. The fourth-order valence-electron chi connectivity index (χ4n) is 0.767. The molecule has 1 unspecified atom stereocenters. The van der Waals surface area contributed by atoms with E-state index in [4.69, 9.17) is 5.11 Å². The summed E-state index contributed by atoms with van der Waals surface area (Å²) in [6.45, 7) is 2.89. The van der Waals surface area contributed by atoms with Crippen molar-refractivity contribution in [1.82, 2.24) is 5.32 Å². The Morgan fingerprint density at radius 3 is 2.23 bits per heavy atom. The highest BCUT2D eigenvalue weighted by atomic mass is 16.4. The van der Waals surface area contributed by atoms with E-state index in [-0.39, 0.29) is 24.5 Å². The first-order valence-electron chi connectivity index (χ1n) is 3.99. The van der Waals surface area contributed by atoms with Crippen LogP contribution in [0.3, 0.4) is 0 Å². The predicted molar refractivity (Wildman–Crippen MR) is 45.2 cm³/mol. The van der Waals surface area contributed by atoms with Gasteiger partial charge in [0.05, 0.1) is 12.5 Å². The molecule has 0 aliphatic heterocycles. The lowest BCUT2D eigenvalue weighted by Crippen LogP contribution is -2.40. The molecule has 0 aromatic rings. The van der Waals surface area contributed by atoms with Gasteiger partial charge in [0.15, 0.2) is 5.78 Å². The molecule has 0 aromatic heterocycles. The van der Waals surface area contributed by atoms with Gasteiger partial charge in [0.2, 0.25) is 5.91 Å². The number of carbonyl (C=O) groups excluding carboxylic acids is 2. The molecule has 0 aliphatic carbocycles. The van der Waals surface area contributed by atoms with Gasteiger partial charge in [-0.3, -0.25) is 14.4 Å². The summed E-state index contributed by atoms with van der Waals surface area (Å²) in [5, 5.41) is 10.7. The minimum absolute atomic E-state index is 0.239. The minimum Gasteiger partial charge on any atom is -0.481 e. The van der Waals surface area contributed by atoms with Crippen LogP contribution in [0.15, 0.2) is 0 Å². The highest BCUT2D eigenvalue weighted by molar-refractivity contribution is 5.90. The first-order chi connectivity index (χ1) is 5.97. The molecule has 0 rings (SSSR count). The highest BCUT2D eigenvalue weighted by Crippen LogP contribution is 1.94. The summed E-state index contributed by atoms with van der Waals surface area (Å²) in [4.78, 5) is 32.0. The number of carboxylic acids is 1. The van der Waals surface area contributed by atoms with Crippen LogP contribution in [-0.2, 0) is 14.4 Å². The molecule has 0 spiro atoms. The average molecular weight is 187 g/mol. The molecule has 0 heterocycles. The summed E-state index contributed by atoms with van der Waals surface area (Å²) in [5.74, 6) is -1.76. The highest BCUT2D eigenvalue weighted by Gasteiger charge is 2.19. The molecule has 0 fully saturated rings. The largest absolute Gasteiger partial charge is 0.481 e. The Hall–Kier alpha value is -1.39. The first-order valence-corrected chi connectivity index (χ1v) is 3.99. The lowest BCUT2D eigenvalue weighted by Gasteiger charge is -2.12. The minimum atomic E-state index is -1.10. The number of carbonyl (C=O) groups is 3. The van der Waals surface area contributed by atoms with E-state index in [1.54, 1.807) is 6.92 Å². The molecule has 13 heavy (non-hydrogen) atoms. The SMILES string of the molecule is CCC(=O)NC(CC(=O)O)C(C)=O. The van der Waals surface area contributed by atoms with Crippen molar-refractivity contribution in [2.45, 2.75) is 32.7 Å². The van der Waals surface area contributed by atoms with Gasteiger partial charge in [-0.05, 0) is 6.92 Å². The van der Waals surface area contributed by atoms with E-state index in [0.717, 1.165) is 0 Å². The van der Waals surface area contributed by atoms with Crippen molar-refractivity contribution in [3.8, 4) is 0 Å². The Morgan fingerprint density at radius 1 is 1.38 bits per heavy atom. The summed E-state index contributed by atoms with van der Waals surface area (Å²) < 4.78 is 0. The molecule has 1 atom stereocenters. The maximum Gasteiger partial charge on any atom is 0.305 e. The van der Waals surface area contributed by atoms with Gasteiger partial charge in [0.1, 0.15) is 0 Å². The van der Waals surface area contributed by atoms with Crippen molar-refractivity contribution in [1.29, 1.82) is 0 Å². The Bertz CT molecular complexity index is 224. The zero-order valence-electron chi connectivity index (χ0n) is 7.66. The quantitative estimate of drug-likeness (QED) is 0.631. The van der Waals surface area contributed by atoms with Crippen LogP contribution in [0.2, 0.25) is 0 Å². The number of hydrogen-bond donors (Lipinski definition) is 2. The standard InChI is InChI=1S/C8H13NO4/c1-3-7(11)9-6(5(2)10)4-8(12)13/h6H,3-4H2,1-2H3,(H,9,11)(H,12,13). The third-order valence-corrected chi connectivity index (χ3v) is 1.53. The van der Waals surface area contributed by atoms with E-state index in [9.17, 15) is 14.4 Å². The van der Waals surface area contributed by atoms with Crippen molar-refractivity contribution in [2.75, 3.05) is 0 Å². The van der Waals surface area contributed by atoms with Gasteiger partial charge in [-0.1, -0.05) is 6.92 Å². The Morgan fingerprint density at radius 2 is 1.92 bits per heavy atom. The fourth-order valence-corrected chi connectivity index (χ4v) is 0.767. The Balaban J connectivity index is 4.18. The van der Waals surface area contributed by atoms with Gasteiger partial charge >= 0.3 is 5.97 Å². The third kappa shape index (κ3) is 4.95. The molecule has 0 aliphatic rings. The summed E-state index contributed by atoms with van der Waals surface area (Å²) in [6.07, 6.45) is -0.121. The second-order valence-corrected chi connectivity index (χ2v) is 2.68. The van der Waals surface area contributed by atoms with Crippen LogP contribution in [0, 0.1) is 0 Å². The van der Waals surface area contributed by atoms with Crippen LogP contribution in [0.5, 0.6) is 0 Å². The molecule has 0 bridgehead atoms. The summed E-state index contributed by atoms with van der Waals surface area (Å²) >= 11 is 0. The normalized spacial score (nSPS) is 11.8. The lowest BCUT2D eigenvalue weighted by molar-refractivity contribution is -0.139. The van der Waals surface area contributed by atoms with Gasteiger partial charge < -0.3 is 10.4 Å². The summed E-state index contributed by atoms with van der Waals surface area (Å²) in [7, 11) is 0. The van der Waals surface area contributed by atoms with E-state index in [1.807, 2.05) is 0 Å². The van der Waals surface area contributed by atoms with Gasteiger partial charge in [-0.25, -0.2) is 0 Å². The molecule has 2 N–H and O–H groups in total. The van der Waals surface area contributed by atoms with E-state index in [0.29, 0.717) is 0 Å². The van der Waals surface area contributed by atoms with E-state index < -0.39 is 12.0 Å². The lowest BCUT2D eigenvalue weighted by atomic mass is 10.1. The molecule has 0 radical (unpaired) electrons. The van der Waals surface area contributed by atoms with Gasteiger partial charge in [-0.2, -0.15) is 0 Å². The van der Waals surface area contributed by atoms with Crippen LogP contribution in [0.1, 0.15) is 26.7 Å². The van der Waals surface area contributed by atoms with Crippen LogP contribution in [-0.4, -0.2) is 28.8 Å². The Labute approximate surface area is 76.1 Å². The number of carboxylic acid groups (broad SMARTS) is 1. The number of hydrogen-bond acceptors (Lipinski definition) is 3. The van der Waals surface area contributed by atoms with Crippen molar-refractivity contribution in [3.05, 3.63) is 0 Å². The number of nitrogens with one attached hydrogen (secondary N) is 1. The van der Waals surface area contributed by atoms with Crippen LogP contribution < -0.4 is 5.32 Å². The number of aliphatic carboxylic acids is 1. The van der Waals surface area contributed by atoms with E-state index >= 15 is 0 Å². The third-order valence-electron chi connectivity index (χ3n) is 1.53. The molecule has 1 amide bonds. The second kappa shape index (κ2) is 5.29. The smallest absolute Gasteiger partial charge is 0.305 e. The molecule has 74 valence electrons. The number of ketones is 1. The van der Waals surface area contributed by atoms with Crippen LogP contribution >= 0.6 is 0 Å². The first kappa shape index (κ1) is 11.6.